The molecule has 43 heavy (non-hydrogen) atoms. The molecule has 5 rings (SSSR count). The van der Waals surface area contributed by atoms with E-state index in [1.165, 1.54) is 6.07 Å². The zero-order valence-corrected chi connectivity index (χ0v) is 24.9. The third-order valence-corrected chi connectivity index (χ3v) is 8.75. The molecular weight excluding hydrogens is 579 g/mol. The fourth-order valence-corrected chi connectivity index (χ4v) is 6.14. The molecule has 0 aromatic heterocycles. The van der Waals surface area contributed by atoms with Gasteiger partial charge in [-0.2, -0.15) is 0 Å². The lowest BCUT2D eigenvalue weighted by atomic mass is 9.87. The lowest BCUT2D eigenvalue weighted by Crippen LogP contribution is -2.47. The number of urea groups is 1. The number of ketones is 1. The Morgan fingerprint density at radius 2 is 1.88 bits per heavy atom. The van der Waals surface area contributed by atoms with Crippen LogP contribution in [-0.4, -0.2) is 79.7 Å². The molecule has 2 fully saturated rings. The summed E-state index contributed by atoms with van der Waals surface area (Å²) >= 11 is 6.39. The molecule has 1 saturated carbocycles. The standard InChI is InChI=1S/C31H36ClFN4O6/c1-37(28-7-3-2-6-21(28)17-34-37)31(41)35-27-16-26(33)22(15-25(27)32)14-23(38)18-42-19-29(36-12-4-5-13-36)43-24-10-8-20(9-11-24)30(39)40/h2-3,6-7,15-17,20,24,29H,4-5,8-14,18-19H2,1H3,(H-,35,39,40,41)/p+1/t20-,24-,29?,37?. The van der Waals surface area contributed by atoms with Crippen molar-refractivity contribution in [2.45, 2.75) is 57.3 Å². The van der Waals surface area contributed by atoms with E-state index in [1.54, 1.807) is 19.3 Å². The number of ether oxygens (including phenoxy) is 2. The van der Waals surface area contributed by atoms with Crippen LogP contribution in [0.4, 0.5) is 20.6 Å². The highest BCUT2D eigenvalue weighted by Crippen LogP contribution is 2.33. The van der Waals surface area contributed by atoms with Gasteiger partial charge in [0.25, 0.3) is 0 Å². The van der Waals surface area contributed by atoms with Crippen molar-refractivity contribution in [2.75, 3.05) is 38.7 Å². The molecule has 12 heteroatoms. The van der Waals surface area contributed by atoms with Crippen molar-refractivity contribution in [1.82, 2.24) is 9.49 Å². The van der Waals surface area contributed by atoms with Gasteiger partial charge in [0.1, 0.15) is 25.7 Å². The minimum atomic E-state index is -0.757. The van der Waals surface area contributed by atoms with Gasteiger partial charge in [-0.1, -0.05) is 33.4 Å². The van der Waals surface area contributed by atoms with Gasteiger partial charge >= 0.3 is 12.0 Å². The number of nitrogens with one attached hydrogen (secondary N) is 1. The van der Waals surface area contributed by atoms with Crippen LogP contribution in [0.5, 0.6) is 0 Å². The van der Waals surface area contributed by atoms with Gasteiger partial charge in [-0.15, -0.1) is 0 Å². The first-order valence-electron chi connectivity index (χ1n) is 14.7. The molecule has 2 aliphatic heterocycles. The lowest BCUT2D eigenvalue weighted by Gasteiger charge is -2.34. The highest BCUT2D eigenvalue weighted by atomic mass is 35.5. The van der Waals surface area contributed by atoms with Crippen molar-refractivity contribution in [2.24, 2.45) is 11.0 Å². The number of fused-ring (bicyclic) bond motifs is 1. The third kappa shape index (κ3) is 7.30. The smallest absolute Gasteiger partial charge is 0.452 e. The summed E-state index contributed by atoms with van der Waals surface area (Å²) in [6.45, 7) is 1.70. The molecule has 2 N–H and O–H groups in total. The van der Waals surface area contributed by atoms with Crippen LogP contribution in [0, 0.1) is 11.7 Å². The summed E-state index contributed by atoms with van der Waals surface area (Å²) in [6.07, 6.45) is 5.65. The summed E-state index contributed by atoms with van der Waals surface area (Å²) in [5.41, 5.74) is 1.68. The van der Waals surface area contributed by atoms with E-state index in [1.807, 2.05) is 18.2 Å². The number of carboxylic acid groups (broad SMARTS) is 1. The number of carbonyl (C=O) groups excluding carboxylic acids is 2. The zero-order valence-electron chi connectivity index (χ0n) is 24.1. The number of aliphatic carboxylic acids is 1. The number of amides is 2. The number of carbonyl (C=O) groups is 3. The Morgan fingerprint density at radius 1 is 1.16 bits per heavy atom. The summed E-state index contributed by atoms with van der Waals surface area (Å²) in [5, 5.41) is 16.3. The Labute approximate surface area is 255 Å². The average Bonchev–Trinajstić information content (AvgIpc) is 3.65. The first-order chi connectivity index (χ1) is 20.6. The van der Waals surface area contributed by atoms with E-state index >= 15 is 4.39 Å². The molecule has 0 radical (unpaired) electrons. The fraction of sp³-hybridized carbons (Fsp3) is 0.484. The van der Waals surface area contributed by atoms with Gasteiger partial charge in [0.05, 0.1) is 41.1 Å². The molecule has 230 valence electrons. The zero-order chi connectivity index (χ0) is 30.6. The number of para-hydroxylation sites is 1. The van der Waals surface area contributed by atoms with Crippen molar-refractivity contribution in [1.29, 1.82) is 0 Å². The minimum absolute atomic E-state index is 0.0488. The third-order valence-electron chi connectivity index (χ3n) is 8.44. The SMILES string of the molecule is C[N+]1(C(=O)Nc2cc(F)c(CC(=O)COCC(O[C@H]3CC[C@H](C(=O)O)CC3)N3CCCC3)cc2Cl)N=Cc2ccccc21. The van der Waals surface area contributed by atoms with E-state index in [4.69, 9.17) is 21.1 Å². The number of rotatable bonds is 11. The summed E-state index contributed by atoms with van der Waals surface area (Å²) in [6, 6.07) is 9.26. The van der Waals surface area contributed by atoms with E-state index in [0.29, 0.717) is 31.4 Å². The van der Waals surface area contributed by atoms with Crippen molar-refractivity contribution < 1.29 is 33.4 Å². The number of carboxylic acids is 1. The maximum absolute atomic E-state index is 15.0. The Bertz CT molecular complexity index is 1390. The molecule has 1 aliphatic carbocycles. The van der Waals surface area contributed by atoms with Crippen LogP contribution in [0.25, 0.3) is 0 Å². The Morgan fingerprint density at radius 3 is 2.60 bits per heavy atom. The molecule has 2 heterocycles. The van der Waals surface area contributed by atoms with E-state index in [2.05, 4.69) is 15.3 Å². The van der Waals surface area contributed by atoms with Crippen LogP contribution in [0.15, 0.2) is 41.5 Å². The summed E-state index contributed by atoms with van der Waals surface area (Å²) in [7, 11) is 1.62. The quantitative estimate of drug-likeness (QED) is 0.333. The topological polar surface area (TPSA) is 118 Å². The normalized spacial score (nSPS) is 24.1. The van der Waals surface area contributed by atoms with Crippen LogP contribution < -0.4 is 9.91 Å². The number of anilines is 1. The summed E-state index contributed by atoms with van der Waals surface area (Å²) in [5.74, 6) is -2.07. The molecule has 0 bridgehead atoms. The Kier molecular flexibility index (Phi) is 9.88. The van der Waals surface area contributed by atoms with Crippen LogP contribution in [0.1, 0.15) is 49.7 Å². The molecule has 0 spiro atoms. The summed E-state index contributed by atoms with van der Waals surface area (Å²) in [4.78, 5) is 39.3. The van der Waals surface area contributed by atoms with E-state index < -0.39 is 22.4 Å². The van der Waals surface area contributed by atoms with Crippen LogP contribution in [0.3, 0.4) is 0 Å². The molecular formula is C31H37ClFN4O6+. The Hall–Kier alpha value is -3.22. The maximum Gasteiger partial charge on any atom is 0.452 e. The number of hydrogen-bond acceptors (Lipinski definition) is 7. The number of halogens is 2. The largest absolute Gasteiger partial charge is 0.481 e. The van der Waals surface area contributed by atoms with Crippen molar-refractivity contribution in [3.63, 3.8) is 0 Å². The number of quaternary nitrogens is 1. The van der Waals surface area contributed by atoms with Crippen molar-refractivity contribution in [3.8, 4) is 0 Å². The minimum Gasteiger partial charge on any atom is -0.481 e. The average molecular weight is 616 g/mol. The van der Waals surface area contributed by atoms with E-state index in [0.717, 1.165) is 37.6 Å². The number of likely N-dealkylation sites (tertiary alicyclic amines) is 1. The molecule has 3 aliphatic rings. The van der Waals surface area contributed by atoms with Gasteiger partial charge in [-0.25, -0.2) is 9.18 Å². The predicted molar refractivity (Wildman–Crippen MR) is 161 cm³/mol. The Balaban J connectivity index is 1.14. The van der Waals surface area contributed by atoms with Gasteiger partial charge in [0.2, 0.25) is 0 Å². The first kappa shape index (κ1) is 31.2. The van der Waals surface area contributed by atoms with Gasteiger partial charge in [0.15, 0.2) is 11.5 Å². The first-order valence-corrected chi connectivity index (χ1v) is 15.0. The molecule has 2 atom stereocenters. The molecule has 2 unspecified atom stereocenters. The lowest BCUT2D eigenvalue weighted by molar-refractivity contribution is -0.151. The monoisotopic (exact) mass is 615 g/mol. The number of nitrogens with zero attached hydrogens (tertiary/aromatic N) is 3. The van der Waals surface area contributed by atoms with Crippen molar-refractivity contribution >= 4 is 47.0 Å². The molecule has 2 aromatic rings. The summed E-state index contributed by atoms with van der Waals surface area (Å²) < 4.78 is 26.7. The highest BCUT2D eigenvalue weighted by Gasteiger charge is 2.41. The van der Waals surface area contributed by atoms with E-state index in [9.17, 15) is 19.5 Å². The maximum atomic E-state index is 15.0. The van der Waals surface area contributed by atoms with Crippen molar-refractivity contribution in [3.05, 3.63) is 58.4 Å². The number of benzene rings is 2. The highest BCUT2D eigenvalue weighted by molar-refractivity contribution is 6.34. The number of Topliss-reactive ketones (excluding diaryl/α,β-unsaturated/α-hetero) is 1. The predicted octanol–water partition coefficient (Wildman–Crippen LogP) is 5.21. The van der Waals surface area contributed by atoms with Gasteiger partial charge < -0.3 is 14.6 Å². The molecule has 1 saturated heterocycles. The second kappa shape index (κ2) is 13.6. The van der Waals surface area contributed by atoms with Crippen LogP contribution in [0.2, 0.25) is 5.02 Å². The second-order valence-electron chi connectivity index (χ2n) is 11.5. The van der Waals surface area contributed by atoms with Crippen LogP contribution >= 0.6 is 11.6 Å². The molecule has 2 aromatic carbocycles. The second-order valence-corrected chi connectivity index (χ2v) is 11.9. The fourth-order valence-electron chi connectivity index (χ4n) is 5.90. The molecule has 2 amide bonds. The van der Waals surface area contributed by atoms with Crippen LogP contribution in [-0.2, 0) is 25.5 Å². The number of hydrogen-bond donors (Lipinski definition) is 2. The van der Waals surface area contributed by atoms with E-state index in [-0.39, 0.29) is 59.9 Å². The van der Waals surface area contributed by atoms with Gasteiger partial charge in [0, 0.05) is 25.6 Å². The van der Waals surface area contributed by atoms with Gasteiger partial charge in [-0.05, 0) is 62.3 Å². The van der Waals surface area contributed by atoms with Gasteiger partial charge in [-0.3, -0.25) is 19.8 Å². The molecule has 10 nitrogen and oxygen atoms in total.